The summed E-state index contributed by atoms with van der Waals surface area (Å²) in [6.07, 6.45) is 1.02. The van der Waals surface area contributed by atoms with Gasteiger partial charge in [0.15, 0.2) is 0 Å². The molecule has 3 amide bonds. The number of urea groups is 1. The Hall–Kier alpha value is -2.44. The van der Waals surface area contributed by atoms with Crippen LogP contribution in [0.3, 0.4) is 0 Å². The molecule has 2 aliphatic heterocycles. The van der Waals surface area contributed by atoms with E-state index < -0.39 is 6.04 Å². The van der Waals surface area contributed by atoms with Crippen LogP contribution in [0.15, 0.2) is 24.3 Å². The molecule has 1 aromatic rings. The number of anilines is 1. The number of methoxy groups -OCH3 is 1. The quantitative estimate of drug-likeness (QED) is 0.730. The molecule has 2 heterocycles. The van der Waals surface area contributed by atoms with Crippen LogP contribution in [0, 0.1) is 5.92 Å². The molecular formula is C16H22N4O3. The van der Waals surface area contributed by atoms with E-state index in [1.165, 1.54) is 0 Å². The fourth-order valence-electron chi connectivity index (χ4n) is 3.09. The maximum absolute atomic E-state index is 12.0. The van der Waals surface area contributed by atoms with Gasteiger partial charge in [0.1, 0.15) is 11.8 Å². The predicted molar refractivity (Wildman–Crippen MR) is 86.6 cm³/mol. The Labute approximate surface area is 135 Å². The molecule has 7 heteroatoms. The van der Waals surface area contributed by atoms with E-state index in [2.05, 4.69) is 26.9 Å². The number of carbonyl (C=O) groups excluding carboxylic acids is 2. The van der Waals surface area contributed by atoms with Crippen LogP contribution >= 0.6 is 0 Å². The second-order valence-corrected chi connectivity index (χ2v) is 5.92. The molecule has 2 fully saturated rings. The summed E-state index contributed by atoms with van der Waals surface area (Å²) < 4.78 is 5.41. The monoisotopic (exact) mass is 318 g/mol. The number of hydrogen-bond acceptors (Lipinski definition) is 4. The first-order valence-corrected chi connectivity index (χ1v) is 7.87. The minimum atomic E-state index is -0.464. The normalized spacial score (nSPS) is 23.3. The third-order valence-corrected chi connectivity index (χ3v) is 4.37. The Morgan fingerprint density at radius 1 is 1.43 bits per heavy atom. The zero-order valence-corrected chi connectivity index (χ0v) is 13.2. The number of rotatable bonds is 5. The minimum Gasteiger partial charge on any atom is -0.495 e. The van der Waals surface area contributed by atoms with Crippen LogP contribution < -0.4 is 25.6 Å². The predicted octanol–water partition coefficient (Wildman–Crippen LogP) is 0.319. The Kier molecular flexibility index (Phi) is 4.55. The van der Waals surface area contributed by atoms with Crippen molar-refractivity contribution in [3.05, 3.63) is 24.3 Å². The van der Waals surface area contributed by atoms with Crippen LogP contribution in [-0.2, 0) is 4.79 Å². The molecule has 3 N–H and O–H groups in total. The van der Waals surface area contributed by atoms with Crippen LogP contribution in [-0.4, -0.2) is 51.3 Å². The summed E-state index contributed by atoms with van der Waals surface area (Å²) >= 11 is 0. The molecule has 7 nitrogen and oxygen atoms in total. The molecule has 2 atom stereocenters. The van der Waals surface area contributed by atoms with Gasteiger partial charge in [0.2, 0.25) is 5.91 Å². The maximum atomic E-state index is 12.0. The highest BCUT2D eigenvalue weighted by molar-refractivity contribution is 5.90. The Balaban J connectivity index is 1.50. The van der Waals surface area contributed by atoms with Gasteiger partial charge in [-0.2, -0.15) is 0 Å². The van der Waals surface area contributed by atoms with Gasteiger partial charge in [-0.1, -0.05) is 12.1 Å². The number of nitrogens with zero attached hydrogens (tertiary/aromatic N) is 1. The van der Waals surface area contributed by atoms with Gasteiger partial charge >= 0.3 is 6.03 Å². The van der Waals surface area contributed by atoms with Crippen LogP contribution in [0.2, 0.25) is 0 Å². The molecule has 124 valence electrons. The Morgan fingerprint density at radius 3 is 3.00 bits per heavy atom. The average Bonchev–Trinajstić information content (AvgIpc) is 3.21. The van der Waals surface area contributed by atoms with Crippen molar-refractivity contribution in [2.24, 2.45) is 5.92 Å². The SMILES string of the molecule is COc1ccccc1N1CC[C@@H](CNC(=O)[C@H]2CNC(=O)N2)C1. The van der Waals surface area contributed by atoms with Crippen molar-refractivity contribution in [2.45, 2.75) is 12.5 Å². The molecule has 1 aromatic carbocycles. The molecule has 0 aliphatic carbocycles. The van der Waals surface area contributed by atoms with Gasteiger partial charge in [0.25, 0.3) is 0 Å². The first-order chi connectivity index (χ1) is 11.2. The van der Waals surface area contributed by atoms with E-state index in [0.717, 1.165) is 30.9 Å². The Morgan fingerprint density at radius 2 is 2.26 bits per heavy atom. The summed E-state index contributed by atoms with van der Waals surface area (Å²) in [5.74, 6) is 1.14. The van der Waals surface area contributed by atoms with Gasteiger partial charge in [0, 0.05) is 26.2 Å². The summed E-state index contributed by atoms with van der Waals surface area (Å²) in [4.78, 5) is 25.3. The van der Waals surface area contributed by atoms with E-state index in [4.69, 9.17) is 4.74 Å². The maximum Gasteiger partial charge on any atom is 0.315 e. The summed E-state index contributed by atoms with van der Waals surface area (Å²) in [5.41, 5.74) is 1.09. The van der Waals surface area contributed by atoms with E-state index in [-0.39, 0.29) is 11.9 Å². The molecule has 2 saturated heterocycles. The van der Waals surface area contributed by atoms with E-state index in [0.29, 0.717) is 19.0 Å². The molecular weight excluding hydrogens is 296 g/mol. The smallest absolute Gasteiger partial charge is 0.315 e. The van der Waals surface area contributed by atoms with Crippen molar-refractivity contribution in [3.8, 4) is 5.75 Å². The fourth-order valence-corrected chi connectivity index (χ4v) is 3.09. The van der Waals surface area contributed by atoms with Crippen molar-refractivity contribution < 1.29 is 14.3 Å². The molecule has 0 bridgehead atoms. The van der Waals surface area contributed by atoms with E-state index in [1.807, 2.05) is 18.2 Å². The molecule has 2 aliphatic rings. The first kappa shape index (κ1) is 15.5. The van der Waals surface area contributed by atoms with Crippen LogP contribution in [0.5, 0.6) is 5.75 Å². The summed E-state index contributed by atoms with van der Waals surface area (Å²) in [6, 6.07) is 7.23. The minimum absolute atomic E-state index is 0.126. The van der Waals surface area contributed by atoms with Gasteiger partial charge < -0.3 is 25.6 Å². The largest absolute Gasteiger partial charge is 0.495 e. The second-order valence-electron chi connectivity index (χ2n) is 5.92. The van der Waals surface area contributed by atoms with Gasteiger partial charge in [-0.25, -0.2) is 4.79 Å². The lowest BCUT2D eigenvalue weighted by Crippen LogP contribution is -2.44. The topological polar surface area (TPSA) is 82.7 Å². The van der Waals surface area contributed by atoms with Crippen molar-refractivity contribution in [1.29, 1.82) is 0 Å². The Bertz CT molecular complexity index is 592. The van der Waals surface area contributed by atoms with Crippen LogP contribution in [0.4, 0.5) is 10.5 Å². The van der Waals surface area contributed by atoms with Crippen molar-refractivity contribution >= 4 is 17.6 Å². The third kappa shape index (κ3) is 3.49. The molecule has 0 saturated carbocycles. The highest BCUT2D eigenvalue weighted by Gasteiger charge is 2.29. The van der Waals surface area contributed by atoms with Gasteiger partial charge in [-0.3, -0.25) is 4.79 Å². The molecule has 23 heavy (non-hydrogen) atoms. The van der Waals surface area contributed by atoms with Gasteiger partial charge in [-0.05, 0) is 24.5 Å². The fraction of sp³-hybridized carbons (Fsp3) is 0.500. The number of benzene rings is 1. The van der Waals surface area contributed by atoms with Gasteiger partial charge in [-0.15, -0.1) is 0 Å². The standard InChI is InChI=1S/C16H22N4O3/c1-23-14-5-3-2-4-13(14)20-7-6-11(10-20)8-17-15(21)12-9-18-16(22)19-12/h2-5,11-12H,6-10H2,1H3,(H,17,21)(H2,18,19,22)/t11-,12+/m0/s1. The van der Waals surface area contributed by atoms with E-state index >= 15 is 0 Å². The molecule has 0 unspecified atom stereocenters. The van der Waals surface area contributed by atoms with E-state index in [9.17, 15) is 9.59 Å². The van der Waals surface area contributed by atoms with Crippen molar-refractivity contribution in [3.63, 3.8) is 0 Å². The zero-order chi connectivity index (χ0) is 16.2. The number of amides is 3. The molecule has 3 rings (SSSR count). The van der Waals surface area contributed by atoms with Crippen LogP contribution in [0.1, 0.15) is 6.42 Å². The average molecular weight is 318 g/mol. The summed E-state index contributed by atoms with van der Waals surface area (Å²) in [7, 11) is 1.68. The third-order valence-electron chi connectivity index (χ3n) is 4.37. The highest BCUT2D eigenvalue weighted by atomic mass is 16.5. The van der Waals surface area contributed by atoms with Crippen molar-refractivity contribution in [2.75, 3.05) is 38.2 Å². The van der Waals surface area contributed by atoms with Crippen molar-refractivity contribution in [1.82, 2.24) is 16.0 Å². The molecule has 0 aromatic heterocycles. The first-order valence-electron chi connectivity index (χ1n) is 7.87. The number of ether oxygens (including phenoxy) is 1. The lowest BCUT2D eigenvalue weighted by molar-refractivity contribution is -0.122. The van der Waals surface area contributed by atoms with Crippen LogP contribution in [0.25, 0.3) is 0 Å². The number of para-hydroxylation sites is 2. The summed E-state index contributed by atoms with van der Waals surface area (Å²) in [5, 5.41) is 8.11. The number of carbonyl (C=O) groups is 2. The van der Waals surface area contributed by atoms with E-state index in [1.54, 1.807) is 7.11 Å². The summed E-state index contributed by atoms with van der Waals surface area (Å²) in [6.45, 7) is 2.80. The van der Waals surface area contributed by atoms with Gasteiger partial charge in [0.05, 0.1) is 12.8 Å². The number of hydrogen-bond donors (Lipinski definition) is 3. The molecule has 0 radical (unpaired) electrons. The second kappa shape index (κ2) is 6.76. The molecule has 0 spiro atoms. The highest BCUT2D eigenvalue weighted by Crippen LogP contribution is 2.31. The zero-order valence-electron chi connectivity index (χ0n) is 13.2. The number of nitrogens with one attached hydrogen (secondary N) is 3. The lowest BCUT2D eigenvalue weighted by Gasteiger charge is -2.21. The lowest BCUT2D eigenvalue weighted by atomic mass is 10.1.